The standard InChI is InChI=1S/C24H29NO3/c1-23(2,3)18-5-7-19(8-6-18)24(11-12-24)22(26)25-13-10-17-4-9-20-21(16-17)28-15-14-27-20/h4-9,16H,10-15H2,1-3H3,(H,25,26). The number of nitrogens with one attached hydrogen (secondary N) is 1. The van der Waals surface area contributed by atoms with E-state index >= 15 is 0 Å². The fraction of sp³-hybridized carbons (Fsp3) is 0.458. The molecule has 0 radical (unpaired) electrons. The summed E-state index contributed by atoms with van der Waals surface area (Å²) in [5.74, 6) is 1.75. The maximum atomic E-state index is 12.9. The number of carbonyl (C=O) groups is 1. The van der Waals surface area contributed by atoms with Crippen LogP contribution in [0.1, 0.15) is 50.3 Å². The molecule has 0 saturated heterocycles. The minimum absolute atomic E-state index is 0.126. The first kappa shape index (κ1) is 18.9. The Kier molecular flexibility index (Phi) is 4.82. The van der Waals surface area contributed by atoms with Gasteiger partial charge in [0.1, 0.15) is 13.2 Å². The second-order valence-corrected chi connectivity index (χ2v) is 8.89. The normalized spacial score (nSPS) is 17.1. The van der Waals surface area contributed by atoms with Crippen LogP contribution in [0.15, 0.2) is 42.5 Å². The van der Waals surface area contributed by atoms with E-state index in [-0.39, 0.29) is 16.7 Å². The van der Waals surface area contributed by atoms with E-state index in [9.17, 15) is 4.79 Å². The molecule has 4 rings (SSSR count). The summed E-state index contributed by atoms with van der Waals surface area (Å²) < 4.78 is 11.2. The fourth-order valence-corrected chi connectivity index (χ4v) is 3.79. The van der Waals surface area contributed by atoms with Gasteiger partial charge in [0.15, 0.2) is 11.5 Å². The summed E-state index contributed by atoms with van der Waals surface area (Å²) >= 11 is 0. The molecule has 0 aromatic heterocycles. The van der Waals surface area contributed by atoms with Crippen LogP contribution in [0.3, 0.4) is 0 Å². The average Bonchev–Trinajstić information content (AvgIpc) is 3.49. The van der Waals surface area contributed by atoms with Gasteiger partial charge in [-0.3, -0.25) is 4.79 Å². The van der Waals surface area contributed by atoms with Gasteiger partial charge in [-0.2, -0.15) is 0 Å². The maximum Gasteiger partial charge on any atom is 0.230 e. The fourth-order valence-electron chi connectivity index (χ4n) is 3.79. The van der Waals surface area contributed by atoms with E-state index in [1.807, 2.05) is 18.2 Å². The molecule has 28 heavy (non-hydrogen) atoms. The molecule has 2 aromatic carbocycles. The van der Waals surface area contributed by atoms with Crippen LogP contribution in [-0.2, 0) is 22.0 Å². The van der Waals surface area contributed by atoms with Crippen molar-refractivity contribution in [1.82, 2.24) is 5.32 Å². The predicted molar refractivity (Wildman–Crippen MR) is 110 cm³/mol. The van der Waals surface area contributed by atoms with E-state index in [1.54, 1.807) is 0 Å². The molecule has 4 nitrogen and oxygen atoms in total. The summed E-state index contributed by atoms with van der Waals surface area (Å²) in [6.45, 7) is 8.43. The van der Waals surface area contributed by atoms with Crippen molar-refractivity contribution in [3.8, 4) is 11.5 Å². The average molecular weight is 380 g/mol. The number of hydrogen-bond acceptors (Lipinski definition) is 3. The molecule has 0 unspecified atom stereocenters. The smallest absolute Gasteiger partial charge is 0.230 e. The van der Waals surface area contributed by atoms with Gasteiger partial charge in [-0.25, -0.2) is 0 Å². The van der Waals surface area contributed by atoms with Gasteiger partial charge in [0, 0.05) is 6.54 Å². The van der Waals surface area contributed by atoms with Crippen molar-refractivity contribution in [2.75, 3.05) is 19.8 Å². The van der Waals surface area contributed by atoms with E-state index in [2.05, 4.69) is 50.4 Å². The molecule has 2 aromatic rings. The lowest BCUT2D eigenvalue weighted by Gasteiger charge is -2.21. The largest absolute Gasteiger partial charge is 0.486 e. The quantitative estimate of drug-likeness (QED) is 0.849. The first-order chi connectivity index (χ1) is 13.4. The van der Waals surface area contributed by atoms with Crippen LogP contribution in [0.4, 0.5) is 0 Å². The van der Waals surface area contributed by atoms with Crippen molar-refractivity contribution < 1.29 is 14.3 Å². The van der Waals surface area contributed by atoms with Crippen molar-refractivity contribution in [3.63, 3.8) is 0 Å². The van der Waals surface area contributed by atoms with Crippen LogP contribution in [-0.4, -0.2) is 25.7 Å². The highest BCUT2D eigenvalue weighted by Crippen LogP contribution is 2.48. The van der Waals surface area contributed by atoms with Crippen LogP contribution < -0.4 is 14.8 Å². The van der Waals surface area contributed by atoms with Crippen molar-refractivity contribution in [1.29, 1.82) is 0 Å². The lowest BCUT2D eigenvalue weighted by atomic mass is 9.85. The van der Waals surface area contributed by atoms with Crippen LogP contribution in [0.5, 0.6) is 11.5 Å². The minimum Gasteiger partial charge on any atom is -0.486 e. The Morgan fingerprint density at radius 3 is 2.32 bits per heavy atom. The molecule has 1 heterocycles. The number of carbonyl (C=O) groups excluding carboxylic acids is 1. The van der Waals surface area contributed by atoms with Gasteiger partial charge in [-0.1, -0.05) is 51.1 Å². The molecule has 1 saturated carbocycles. The monoisotopic (exact) mass is 379 g/mol. The summed E-state index contributed by atoms with van der Waals surface area (Å²) in [4.78, 5) is 12.9. The summed E-state index contributed by atoms with van der Waals surface area (Å²) in [6, 6.07) is 14.6. The zero-order chi connectivity index (χ0) is 19.8. The van der Waals surface area contributed by atoms with Gasteiger partial charge in [0.2, 0.25) is 5.91 Å². The summed E-state index contributed by atoms with van der Waals surface area (Å²) in [5.41, 5.74) is 3.37. The Morgan fingerprint density at radius 2 is 1.68 bits per heavy atom. The van der Waals surface area contributed by atoms with E-state index in [0.29, 0.717) is 19.8 Å². The van der Waals surface area contributed by atoms with Gasteiger partial charge in [0.05, 0.1) is 5.41 Å². The lowest BCUT2D eigenvalue weighted by Crippen LogP contribution is -2.36. The van der Waals surface area contributed by atoms with Crippen LogP contribution in [0.25, 0.3) is 0 Å². The van der Waals surface area contributed by atoms with Gasteiger partial charge in [0.25, 0.3) is 0 Å². The van der Waals surface area contributed by atoms with E-state index in [0.717, 1.165) is 41.9 Å². The second kappa shape index (κ2) is 7.16. The van der Waals surface area contributed by atoms with Crippen molar-refractivity contribution >= 4 is 5.91 Å². The molecule has 0 bridgehead atoms. The van der Waals surface area contributed by atoms with E-state index in [1.165, 1.54) is 5.56 Å². The molecule has 1 aliphatic carbocycles. The van der Waals surface area contributed by atoms with E-state index in [4.69, 9.17) is 9.47 Å². The first-order valence-corrected chi connectivity index (χ1v) is 10.2. The molecule has 1 N–H and O–H groups in total. The zero-order valence-electron chi connectivity index (χ0n) is 17.0. The van der Waals surface area contributed by atoms with Crippen LogP contribution in [0, 0.1) is 0 Å². The molecule has 0 atom stereocenters. The predicted octanol–water partition coefficient (Wildman–Crippen LogP) is 4.15. The van der Waals surface area contributed by atoms with Gasteiger partial charge >= 0.3 is 0 Å². The summed E-state index contributed by atoms with van der Waals surface area (Å²) in [6.07, 6.45) is 2.64. The third kappa shape index (κ3) is 3.73. The SMILES string of the molecule is CC(C)(C)c1ccc(C2(C(=O)NCCc3ccc4c(c3)OCCO4)CC2)cc1. The Bertz CT molecular complexity index is 860. The molecule has 2 aliphatic rings. The number of rotatable bonds is 5. The third-order valence-corrected chi connectivity index (χ3v) is 5.79. The maximum absolute atomic E-state index is 12.9. The Labute approximate surface area is 167 Å². The number of amides is 1. The highest BCUT2D eigenvalue weighted by Gasteiger charge is 2.51. The lowest BCUT2D eigenvalue weighted by molar-refractivity contribution is -0.123. The Hall–Kier alpha value is -2.49. The molecule has 148 valence electrons. The second-order valence-electron chi connectivity index (χ2n) is 8.89. The molecule has 4 heteroatoms. The van der Waals surface area contributed by atoms with Gasteiger partial charge in [-0.15, -0.1) is 0 Å². The molecule has 1 aliphatic heterocycles. The zero-order valence-corrected chi connectivity index (χ0v) is 17.0. The third-order valence-electron chi connectivity index (χ3n) is 5.79. The van der Waals surface area contributed by atoms with Gasteiger partial charge in [-0.05, 0) is 53.5 Å². The highest BCUT2D eigenvalue weighted by molar-refractivity contribution is 5.91. The van der Waals surface area contributed by atoms with Crippen molar-refractivity contribution in [2.45, 2.75) is 50.9 Å². The molecule has 1 fully saturated rings. The number of benzene rings is 2. The van der Waals surface area contributed by atoms with Crippen molar-refractivity contribution in [2.24, 2.45) is 0 Å². The Morgan fingerprint density at radius 1 is 1.00 bits per heavy atom. The number of hydrogen-bond donors (Lipinski definition) is 1. The summed E-state index contributed by atoms with van der Waals surface area (Å²) in [7, 11) is 0. The molecule has 1 amide bonds. The number of fused-ring (bicyclic) bond motifs is 1. The van der Waals surface area contributed by atoms with Crippen LogP contribution in [0.2, 0.25) is 0 Å². The number of ether oxygens (including phenoxy) is 2. The van der Waals surface area contributed by atoms with Crippen LogP contribution >= 0.6 is 0 Å². The topological polar surface area (TPSA) is 47.6 Å². The summed E-state index contributed by atoms with van der Waals surface area (Å²) in [5, 5.41) is 3.15. The van der Waals surface area contributed by atoms with Crippen molar-refractivity contribution in [3.05, 3.63) is 59.2 Å². The Balaban J connectivity index is 1.36. The van der Waals surface area contributed by atoms with E-state index < -0.39 is 0 Å². The highest BCUT2D eigenvalue weighted by atomic mass is 16.6. The first-order valence-electron chi connectivity index (χ1n) is 10.2. The molecule has 0 spiro atoms. The van der Waals surface area contributed by atoms with Gasteiger partial charge < -0.3 is 14.8 Å². The molecular formula is C24H29NO3. The minimum atomic E-state index is -0.330. The molecular weight excluding hydrogens is 350 g/mol.